The molecule has 0 amide bonds. The predicted octanol–water partition coefficient (Wildman–Crippen LogP) is 2.82. The summed E-state index contributed by atoms with van der Waals surface area (Å²) >= 11 is 0. The van der Waals surface area contributed by atoms with Crippen LogP contribution in [0.2, 0.25) is 0 Å². The number of aryl methyl sites for hydroxylation is 1. The van der Waals surface area contributed by atoms with Crippen molar-refractivity contribution >= 4 is 5.97 Å². The van der Waals surface area contributed by atoms with Gasteiger partial charge in [-0.2, -0.15) is 5.10 Å². The van der Waals surface area contributed by atoms with Gasteiger partial charge in [0.15, 0.2) is 0 Å². The molecule has 1 aliphatic rings. The third-order valence-corrected chi connectivity index (χ3v) is 3.92. The highest BCUT2D eigenvalue weighted by atomic mass is 16.6. The molecule has 1 fully saturated rings. The fourth-order valence-corrected chi connectivity index (χ4v) is 2.78. The van der Waals surface area contributed by atoms with Gasteiger partial charge < -0.3 is 9.47 Å². The van der Waals surface area contributed by atoms with E-state index in [4.69, 9.17) is 9.47 Å². The van der Waals surface area contributed by atoms with E-state index in [0.29, 0.717) is 17.9 Å². The van der Waals surface area contributed by atoms with Gasteiger partial charge in [-0.25, -0.2) is 9.48 Å². The third-order valence-electron chi connectivity index (χ3n) is 3.92. The van der Waals surface area contributed by atoms with Crippen molar-refractivity contribution in [1.29, 1.82) is 0 Å². The molecule has 22 heavy (non-hydrogen) atoms. The first kappa shape index (κ1) is 14.8. The van der Waals surface area contributed by atoms with Crippen LogP contribution in [0.3, 0.4) is 0 Å². The molecule has 0 bridgehead atoms. The summed E-state index contributed by atoms with van der Waals surface area (Å²) in [5.41, 5.74) is 2.95. The monoisotopic (exact) mass is 300 g/mol. The first-order chi connectivity index (χ1) is 10.7. The molecule has 5 nitrogen and oxygen atoms in total. The molecule has 1 aliphatic heterocycles. The summed E-state index contributed by atoms with van der Waals surface area (Å²) in [6.07, 6.45) is 2.02. The van der Waals surface area contributed by atoms with Crippen LogP contribution in [0.15, 0.2) is 30.3 Å². The summed E-state index contributed by atoms with van der Waals surface area (Å²) < 4.78 is 12.7. The third kappa shape index (κ3) is 2.90. The van der Waals surface area contributed by atoms with Crippen molar-refractivity contribution in [1.82, 2.24) is 9.78 Å². The Morgan fingerprint density at radius 3 is 2.82 bits per heavy atom. The fraction of sp³-hybridized carbons (Fsp3) is 0.412. The number of rotatable bonds is 4. The summed E-state index contributed by atoms with van der Waals surface area (Å²) in [5.74, 6) is -0.326. The van der Waals surface area contributed by atoms with E-state index in [2.05, 4.69) is 5.10 Å². The molecule has 1 atom stereocenters. The zero-order valence-electron chi connectivity index (χ0n) is 12.9. The Bertz CT molecular complexity index is 658. The van der Waals surface area contributed by atoms with Gasteiger partial charge in [-0.05, 0) is 38.8 Å². The number of ether oxygens (including phenoxy) is 2. The zero-order chi connectivity index (χ0) is 15.5. The average Bonchev–Trinajstić information content (AvgIpc) is 3.14. The Balaban J connectivity index is 1.78. The summed E-state index contributed by atoms with van der Waals surface area (Å²) in [4.78, 5) is 12.4. The maximum atomic E-state index is 12.4. The number of aromatic nitrogens is 2. The van der Waals surface area contributed by atoms with Crippen molar-refractivity contribution in [2.75, 3.05) is 13.2 Å². The van der Waals surface area contributed by atoms with Crippen LogP contribution >= 0.6 is 0 Å². The van der Waals surface area contributed by atoms with Crippen molar-refractivity contribution in [2.45, 2.75) is 32.8 Å². The lowest BCUT2D eigenvalue weighted by Gasteiger charge is -2.10. The lowest BCUT2D eigenvalue weighted by molar-refractivity contribution is 0.0160. The van der Waals surface area contributed by atoms with E-state index in [9.17, 15) is 4.79 Å². The van der Waals surface area contributed by atoms with Crippen molar-refractivity contribution in [3.63, 3.8) is 0 Å². The van der Waals surface area contributed by atoms with Gasteiger partial charge in [-0.3, -0.25) is 0 Å². The quantitative estimate of drug-likeness (QED) is 0.815. The fourth-order valence-electron chi connectivity index (χ4n) is 2.78. The molecule has 1 aromatic carbocycles. The van der Waals surface area contributed by atoms with Gasteiger partial charge in [-0.15, -0.1) is 0 Å². The predicted molar refractivity (Wildman–Crippen MR) is 82.3 cm³/mol. The van der Waals surface area contributed by atoms with E-state index in [-0.39, 0.29) is 12.1 Å². The second-order valence-corrected chi connectivity index (χ2v) is 5.53. The number of benzene rings is 1. The molecule has 0 N–H and O–H groups in total. The van der Waals surface area contributed by atoms with E-state index in [1.54, 1.807) is 4.68 Å². The van der Waals surface area contributed by atoms with E-state index in [0.717, 1.165) is 30.8 Å². The van der Waals surface area contributed by atoms with Gasteiger partial charge in [0.2, 0.25) is 0 Å². The molecule has 0 spiro atoms. The van der Waals surface area contributed by atoms with Crippen LogP contribution in [0.1, 0.15) is 34.6 Å². The number of esters is 1. The maximum absolute atomic E-state index is 12.4. The standard InChI is InChI=1S/C17H20N2O3/c1-12-16(17(20)22-11-15-9-6-10-21-15)13(2)19(18-12)14-7-4-3-5-8-14/h3-5,7-8,15H,6,9-11H2,1-2H3. The Hall–Kier alpha value is -2.14. The number of carbonyl (C=O) groups is 1. The highest BCUT2D eigenvalue weighted by Crippen LogP contribution is 2.19. The zero-order valence-corrected chi connectivity index (χ0v) is 12.9. The van der Waals surface area contributed by atoms with Gasteiger partial charge in [0.1, 0.15) is 12.2 Å². The normalized spacial score (nSPS) is 17.6. The Kier molecular flexibility index (Phi) is 4.24. The molecule has 0 radical (unpaired) electrons. The van der Waals surface area contributed by atoms with Crippen LogP contribution in [0, 0.1) is 13.8 Å². The Labute approximate surface area is 129 Å². The van der Waals surface area contributed by atoms with E-state index in [1.165, 1.54) is 0 Å². The smallest absolute Gasteiger partial charge is 0.342 e. The number of hydrogen-bond acceptors (Lipinski definition) is 4. The number of hydrogen-bond donors (Lipinski definition) is 0. The van der Waals surface area contributed by atoms with Crippen molar-refractivity contribution in [3.05, 3.63) is 47.3 Å². The molecule has 1 saturated heterocycles. The van der Waals surface area contributed by atoms with Crippen molar-refractivity contribution < 1.29 is 14.3 Å². The van der Waals surface area contributed by atoms with E-state index in [1.807, 2.05) is 44.2 Å². The van der Waals surface area contributed by atoms with Gasteiger partial charge in [0, 0.05) is 6.61 Å². The van der Waals surface area contributed by atoms with Crippen LogP contribution in [0.4, 0.5) is 0 Å². The van der Waals surface area contributed by atoms with Gasteiger partial charge in [0.25, 0.3) is 0 Å². The average molecular weight is 300 g/mol. The topological polar surface area (TPSA) is 53.4 Å². The summed E-state index contributed by atoms with van der Waals surface area (Å²) in [6.45, 7) is 4.78. The number of carbonyl (C=O) groups excluding carboxylic acids is 1. The number of para-hydroxylation sites is 1. The van der Waals surface area contributed by atoms with E-state index < -0.39 is 0 Å². The minimum Gasteiger partial charge on any atom is -0.459 e. The molecule has 2 heterocycles. The van der Waals surface area contributed by atoms with Crippen molar-refractivity contribution in [3.8, 4) is 5.69 Å². The number of nitrogens with zero attached hydrogens (tertiary/aromatic N) is 2. The molecule has 3 rings (SSSR count). The Morgan fingerprint density at radius 1 is 1.36 bits per heavy atom. The van der Waals surface area contributed by atoms with Crippen LogP contribution in [0.25, 0.3) is 5.69 Å². The first-order valence-corrected chi connectivity index (χ1v) is 7.57. The maximum Gasteiger partial charge on any atom is 0.342 e. The molecule has 0 aliphatic carbocycles. The second kappa shape index (κ2) is 6.32. The molecule has 5 heteroatoms. The van der Waals surface area contributed by atoms with Crippen LogP contribution < -0.4 is 0 Å². The lowest BCUT2D eigenvalue weighted by Crippen LogP contribution is -2.18. The molecule has 1 aromatic heterocycles. The summed E-state index contributed by atoms with van der Waals surface area (Å²) in [5, 5.41) is 4.47. The minimum absolute atomic E-state index is 0.0359. The van der Waals surface area contributed by atoms with Gasteiger partial charge in [-0.1, -0.05) is 18.2 Å². The molecule has 0 saturated carbocycles. The second-order valence-electron chi connectivity index (χ2n) is 5.53. The molecule has 116 valence electrons. The largest absolute Gasteiger partial charge is 0.459 e. The first-order valence-electron chi connectivity index (χ1n) is 7.57. The molecular weight excluding hydrogens is 280 g/mol. The highest BCUT2D eigenvalue weighted by molar-refractivity contribution is 5.92. The SMILES string of the molecule is Cc1nn(-c2ccccc2)c(C)c1C(=O)OCC1CCCO1. The lowest BCUT2D eigenvalue weighted by atomic mass is 10.2. The molecular formula is C17H20N2O3. The van der Waals surface area contributed by atoms with Crippen LogP contribution in [0.5, 0.6) is 0 Å². The van der Waals surface area contributed by atoms with Crippen LogP contribution in [-0.4, -0.2) is 35.1 Å². The van der Waals surface area contributed by atoms with E-state index >= 15 is 0 Å². The summed E-state index contributed by atoms with van der Waals surface area (Å²) in [6, 6.07) is 9.76. The van der Waals surface area contributed by atoms with Gasteiger partial charge in [0.05, 0.1) is 23.2 Å². The minimum atomic E-state index is -0.326. The Morgan fingerprint density at radius 2 is 2.14 bits per heavy atom. The summed E-state index contributed by atoms with van der Waals surface area (Å²) in [7, 11) is 0. The highest BCUT2D eigenvalue weighted by Gasteiger charge is 2.23. The molecule has 1 unspecified atom stereocenters. The van der Waals surface area contributed by atoms with Crippen molar-refractivity contribution in [2.24, 2.45) is 0 Å². The molecule has 2 aromatic rings. The van der Waals surface area contributed by atoms with Crippen LogP contribution in [-0.2, 0) is 9.47 Å². The van der Waals surface area contributed by atoms with Gasteiger partial charge >= 0.3 is 5.97 Å².